The predicted molar refractivity (Wildman–Crippen MR) is 56.4 cm³/mol. The molecule has 0 atom stereocenters. The van der Waals surface area contributed by atoms with Gasteiger partial charge in [-0.2, -0.15) is 0 Å². The highest BCUT2D eigenvalue weighted by atomic mass is 16.3. The number of furan rings is 1. The minimum Gasteiger partial charge on any atom is -0.467 e. The monoisotopic (exact) mass is 220 g/mol. The van der Waals surface area contributed by atoms with Gasteiger partial charge in [-0.25, -0.2) is 10.8 Å². The molecule has 0 aliphatic rings. The average molecular weight is 220 g/mol. The van der Waals surface area contributed by atoms with Crippen molar-refractivity contribution in [2.45, 2.75) is 13.5 Å². The first-order valence-electron chi connectivity index (χ1n) is 4.77. The summed E-state index contributed by atoms with van der Waals surface area (Å²) >= 11 is 0. The number of nitrogens with one attached hydrogen (secondary N) is 1. The first-order valence-corrected chi connectivity index (χ1v) is 4.77. The van der Waals surface area contributed by atoms with Crippen LogP contribution in [0.25, 0.3) is 0 Å². The first-order chi connectivity index (χ1) is 7.72. The lowest BCUT2D eigenvalue weighted by Crippen LogP contribution is -2.30. The Morgan fingerprint density at radius 3 is 3.12 bits per heavy atom. The van der Waals surface area contributed by atoms with Crippen LogP contribution in [0.5, 0.6) is 0 Å². The Morgan fingerprint density at radius 2 is 2.50 bits per heavy atom. The number of aryl methyl sites for hydroxylation is 1. The van der Waals surface area contributed by atoms with Crippen LogP contribution in [0.1, 0.15) is 21.9 Å². The first kappa shape index (κ1) is 10.4. The van der Waals surface area contributed by atoms with Crippen LogP contribution in [0.4, 0.5) is 0 Å². The van der Waals surface area contributed by atoms with Crippen molar-refractivity contribution in [3.63, 3.8) is 0 Å². The Labute approximate surface area is 92.0 Å². The smallest absolute Gasteiger partial charge is 0.268 e. The number of carbonyl (C=O) groups excluding carboxylic acids is 1. The largest absolute Gasteiger partial charge is 0.467 e. The topological polar surface area (TPSA) is 86.1 Å². The second kappa shape index (κ2) is 4.19. The number of hydrogen-bond acceptors (Lipinski definition) is 4. The summed E-state index contributed by atoms with van der Waals surface area (Å²) in [5.41, 5.74) is 2.52. The number of hydrogen-bond donors (Lipinski definition) is 2. The van der Waals surface area contributed by atoms with Crippen molar-refractivity contribution < 1.29 is 9.21 Å². The molecule has 0 fully saturated rings. The van der Waals surface area contributed by atoms with Crippen LogP contribution in [0.2, 0.25) is 0 Å². The molecule has 2 aromatic heterocycles. The lowest BCUT2D eigenvalue weighted by atomic mass is 10.2. The Bertz CT molecular complexity index is 500. The molecular weight excluding hydrogens is 208 g/mol. The van der Waals surface area contributed by atoms with Crippen LogP contribution in [0.15, 0.2) is 29.1 Å². The number of hydrazine groups is 1. The van der Waals surface area contributed by atoms with E-state index in [1.54, 1.807) is 12.3 Å². The third-order valence-corrected chi connectivity index (χ3v) is 2.36. The fraction of sp³-hybridized carbons (Fsp3) is 0.200. The number of imidazole rings is 1. The van der Waals surface area contributed by atoms with E-state index in [4.69, 9.17) is 10.3 Å². The highest BCUT2D eigenvalue weighted by Gasteiger charge is 2.14. The number of carbonyl (C=O) groups is 1. The van der Waals surface area contributed by atoms with Crippen LogP contribution in [0, 0.1) is 6.92 Å². The van der Waals surface area contributed by atoms with Gasteiger partial charge in [-0.05, 0) is 13.0 Å². The Kier molecular flexibility index (Phi) is 2.74. The van der Waals surface area contributed by atoms with E-state index in [-0.39, 0.29) is 5.91 Å². The molecule has 0 saturated heterocycles. The van der Waals surface area contributed by atoms with Crippen molar-refractivity contribution in [2.24, 2.45) is 5.84 Å². The van der Waals surface area contributed by atoms with Crippen molar-refractivity contribution in [3.05, 3.63) is 41.9 Å². The second-order valence-corrected chi connectivity index (χ2v) is 3.33. The molecular formula is C10H12N4O2. The lowest BCUT2D eigenvalue weighted by molar-refractivity contribution is 0.0951. The summed E-state index contributed by atoms with van der Waals surface area (Å²) in [6, 6.07) is 1.59. The maximum absolute atomic E-state index is 11.4. The van der Waals surface area contributed by atoms with E-state index in [1.165, 1.54) is 6.26 Å². The molecule has 2 aromatic rings. The standard InChI is InChI=1S/C10H12N4O2/c1-7-12-3-4-14(7)6-9-8(2-5-16-9)10(15)13-11/h2-5H,6,11H2,1H3,(H,13,15). The van der Waals surface area contributed by atoms with E-state index in [0.29, 0.717) is 17.9 Å². The van der Waals surface area contributed by atoms with Gasteiger partial charge >= 0.3 is 0 Å². The Morgan fingerprint density at radius 1 is 1.69 bits per heavy atom. The second-order valence-electron chi connectivity index (χ2n) is 3.33. The van der Waals surface area contributed by atoms with Gasteiger partial charge in [0, 0.05) is 12.4 Å². The molecule has 6 nitrogen and oxygen atoms in total. The Balaban J connectivity index is 2.26. The number of nitrogen functional groups attached to an aromatic ring is 1. The van der Waals surface area contributed by atoms with Gasteiger partial charge < -0.3 is 8.98 Å². The molecule has 0 aliphatic heterocycles. The van der Waals surface area contributed by atoms with E-state index >= 15 is 0 Å². The zero-order chi connectivity index (χ0) is 11.5. The average Bonchev–Trinajstić information content (AvgIpc) is 2.88. The van der Waals surface area contributed by atoms with Gasteiger partial charge in [0.1, 0.15) is 11.6 Å². The van der Waals surface area contributed by atoms with Crippen LogP contribution in [0.3, 0.4) is 0 Å². The molecule has 2 rings (SSSR count). The quantitative estimate of drug-likeness (QED) is 0.446. The van der Waals surface area contributed by atoms with Crippen LogP contribution < -0.4 is 11.3 Å². The van der Waals surface area contributed by atoms with Gasteiger partial charge in [0.2, 0.25) is 0 Å². The Hall–Kier alpha value is -2.08. The minimum atomic E-state index is -0.360. The zero-order valence-electron chi connectivity index (χ0n) is 8.80. The molecule has 3 N–H and O–H groups in total. The highest BCUT2D eigenvalue weighted by molar-refractivity contribution is 5.94. The van der Waals surface area contributed by atoms with Gasteiger partial charge in [-0.1, -0.05) is 0 Å². The van der Waals surface area contributed by atoms with Crippen molar-refractivity contribution in [1.29, 1.82) is 0 Å². The number of rotatable bonds is 3. The van der Waals surface area contributed by atoms with Crippen molar-refractivity contribution >= 4 is 5.91 Å². The summed E-state index contributed by atoms with van der Waals surface area (Å²) in [5, 5.41) is 0. The summed E-state index contributed by atoms with van der Waals surface area (Å²) in [5.74, 6) is 6.13. The van der Waals surface area contributed by atoms with Crippen LogP contribution in [-0.2, 0) is 6.54 Å². The molecule has 0 aromatic carbocycles. The zero-order valence-corrected chi connectivity index (χ0v) is 8.80. The van der Waals surface area contributed by atoms with E-state index in [1.807, 2.05) is 17.7 Å². The van der Waals surface area contributed by atoms with Gasteiger partial charge in [-0.3, -0.25) is 10.2 Å². The third-order valence-electron chi connectivity index (χ3n) is 2.36. The van der Waals surface area contributed by atoms with E-state index in [2.05, 4.69) is 10.4 Å². The van der Waals surface area contributed by atoms with E-state index < -0.39 is 0 Å². The van der Waals surface area contributed by atoms with Crippen molar-refractivity contribution in [1.82, 2.24) is 15.0 Å². The maximum Gasteiger partial charge on any atom is 0.268 e. The van der Waals surface area contributed by atoms with E-state index in [9.17, 15) is 4.79 Å². The molecule has 1 amide bonds. The molecule has 6 heteroatoms. The summed E-state index contributed by atoms with van der Waals surface area (Å²) in [7, 11) is 0. The number of nitrogens with two attached hydrogens (primary N) is 1. The van der Waals surface area contributed by atoms with Gasteiger partial charge in [0.05, 0.1) is 18.4 Å². The number of amides is 1. The van der Waals surface area contributed by atoms with Gasteiger partial charge in [0.15, 0.2) is 0 Å². The molecule has 16 heavy (non-hydrogen) atoms. The maximum atomic E-state index is 11.4. The van der Waals surface area contributed by atoms with E-state index in [0.717, 1.165) is 5.82 Å². The van der Waals surface area contributed by atoms with Gasteiger partial charge in [-0.15, -0.1) is 0 Å². The summed E-state index contributed by atoms with van der Waals surface area (Å²) in [4.78, 5) is 15.5. The molecule has 0 bridgehead atoms. The molecule has 0 unspecified atom stereocenters. The van der Waals surface area contributed by atoms with Crippen molar-refractivity contribution in [3.8, 4) is 0 Å². The molecule has 0 radical (unpaired) electrons. The molecule has 2 heterocycles. The summed E-state index contributed by atoms with van der Waals surface area (Å²) in [6.45, 7) is 2.34. The predicted octanol–water partition coefficient (Wildman–Crippen LogP) is 0.436. The minimum absolute atomic E-state index is 0.360. The lowest BCUT2D eigenvalue weighted by Gasteiger charge is -2.04. The van der Waals surface area contributed by atoms with Crippen molar-refractivity contribution in [2.75, 3.05) is 0 Å². The summed E-state index contributed by atoms with van der Waals surface area (Å²) in [6.07, 6.45) is 4.98. The molecule has 0 aliphatic carbocycles. The molecule has 0 saturated carbocycles. The van der Waals surface area contributed by atoms with Gasteiger partial charge in [0.25, 0.3) is 5.91 Å². The SMILES string of the molecule is Cc1nccn1Cc1occc1C(=O)NN. The highest BCUT2D eigenvalue weighted by Crippen LogP contribution is 2.12. The number of aromatic nitrogens is 2. The van der Waals surface area contributed by atoms with Crippen LogP contribution >= 0.6 is 0 Å². The molecule has 84 valence electrons. The van der Waals surface area contributed by atoms with Crippen LogP contribution in [-0.4, -0.2) is 15.5 Å². The number of nitrogens with zero attached hydrogens (tertiary/aromatic N) is 2. The third kappa shape index (κ3) is 1.82. The fourth-order valence-electron chi connectivity index (χ4n) is 1.47. The summed E-state index contributed by atoms with van der Waals surface area (Å²) < 4.78 is 7.13. The normalized spacial score (nSPS) is 10.4. The fourth-order valence-corrected chi connectivity index (χ4v) is 1.47. The molecule has 0 spiro atoms.